The first-order chi connectivity index (χ1) is 6.64. The van der Waals surface area contributed by atoms with E-state index in [-0.39, 0.29) is 11.9 Å². The van der Waals surface area contributed by atoms with Crippen molar-refractivity contribution in [2.75, 3.05) is 19.6 Å². The number of likely N-dealkylation sites (tertiary alicyclic amines) is 1. The number of hydrogen-bond donors (Lipinski definition) is 2. The van der Waals surface area contributed by atoms with E-state index < -0.39 is 5.60 Å². The molecule has 2 fully saturated rings. The van der Waals surface area contributed by atoms with Gasteiger partial charge >= 0.3 is 0 Å². The Morgan fingerprint density at radius 1 is 1.64 bits per heavy atom. The van der Waals surface area contributed by atoms with Crippen LogP contribution in [0.4, 0.5) is 0 Å². The molecule has 0 spiro atoms. The number of carbonyl (C=O) groups is 1. The van der Waals surface area contributed by atoms with Crippen molar-refractivity contribution in [3.8, 4) is 0 Å². The Hall–Kier alpha value is -0.610. The second kappa shape index (κ2) is 3.51. The predicted molar refractivity (Wildman–Crippen MR) is 52.8 cm³/mol. The summed E-state index contributed by atoms with van der Waals surface area (Å²) in [5, 5.41) is 12.9. The molecule has 80 valence electrons. The molecule has 0 bridgehead atoms. The summed E-state index contributed by atoms with van der Waals surface area (Å²) in [5.41, 5.74) is -0.603. The van der Waals surface area contributed by atoms with E-state index in [0.717, 1.165) is 25.8 Å². The van der Waals surface area contributed by atoms with Gasteiger partial charge in [-0.3, -0.25) is 4.79 Å². The van der Waals surface area contributed by atoms with Crippen LogP contribution >= 0.6 is 0 Å². The molecule has 1 atom stereocenters. The summed E-state index contributed by atoms with van der Waals surface area (Å²) in [5.74, 6) is 0.167. The molecule has 2 N–H and O–H groups in total. The van der Waals surface area contributed by atoms with Gasteiger partial charge in [0.15, 0.2) is 0 Å². The number of β-amino-alcohol motifs (C(OH)–C–C–N with tert-alkyl or cyclic N) is 1. The molecule has 0 radical (unpaired) electrons. The van der Waals surface area contributed by atoms with Gasteiger partial charge in [0.25, 0.3) is 0 Å². The van der Waals surface area contributed by atoms with Crippen LogP contribution in [0.5, 0.6) is 0 Å². The fraction of sp³-hybridized carbons (Fsp3) is 0.900. The van der Waals surface area contributed by atoms with Crippen molar-refractivity contribution in [1.29, 1.82) is 0 Å². The van der Waals surface area contributed by atoms with Crippen LogP contribution in [0.15, 0.2) is 0 Å². The summed E-state index contributed by atoms with van der Waals surface area (Å²) in [6.45, 7) is 3.93. The zero-order chi connectivity index (χ0) is 10.2. The van der Waals surface area contributed by atoms with Gasteiger partial charge < -0.3 is 15.3 Å². The molecule has 0 unspecified atom stereocenters. The third-order valence-electron chi connectivity index (χ3n) is 3.30. The zero-order valence-corrected chi connectivity index (χ0v) is 8.62. The van der Waals surface area contributed by atoms with Gasteiger partial charge in [-0.15, -0.1) is 0 Å². The third-order valence-corrected chi connectivity index (χ3v) is 3.30. The number of rotatable bonds is 2. The number of nitrogens with zero attached hydrogens (tertiary/aromatic N) is 1. The minimum Gasteiger partial charge on any atom is -0.386 e. The Morgan fingerprint density at radius 2 is 2.36 bits per heavy atom. The average Bonchev–Trinajstić information content (AvgIpc) is 2.64. The van der Waals surface area contributed by atoms with Crippen LogP contribution in [0.1, 0.15) is 26.2 Å². The fourth-order valence-corrected chi connectivity index (χ4v) is 2.16. The van der Waals surface area contributed by atoms with E-state index in [2.05, 4.69) is 5.32 Å². The van der Waals surface area contributed by atoms with Crippen LogP contribution in [0.25, 0.3) is 0 Å². The minimum atomic E-state index is -0.603. The second-order valence-electron chi connectivity index (χ2n) is 4.42. The molecule has 0 aliphatic carbocycles. The molecule has 2 saturated heterocycles. The van der Waals surface area contributed by atoms with Crippen molar-refractivity contribution in [1.82, 2.24) is 10.2 Å². The van der Waals surface area contributed by atoms with Crippen LogP contribution in [0.2, 0.25) is 0 Å². The first-order valence-electron chi connectivity index (χ1n) is 5.39. The monoisotopic (exact) mass is 198 g/mol. The lowest BCUT2D eigenvalue weighted by Crippen LogP contribution is -2.65. The molecule has 0 aromatic carbocycles. The van der Waals surface area contributed by atoms with E-state index in [1.165, 1.54) is 0 Å². The molecule has 2 rings (SSSR count). The Kier molecular flexibility index (Phi) is 2.49. The minimum absolute atomic E-state index is 0.0106. The molecule has 4 nitrogen and oxygen atoms in total. The maximum Gasteiger partial charge on any atom is 0.239 e. The Bertz CT molecular complexity index is 230. The Balaban J connectivity index is 1.84. The van der Waals surface area contributed by atoms with Crippen molar-refractivity contribution in [3.05, 3.63) is 0 Å². The van der Waals surface area contributed by atoms with E-state index in [1.54, 1.807) is 4.90 Å². The van der Waals surface area contributed by atoms with Crippen molar-refractivity contribution in [3.63, 3.8) is 0 Å². The van der Waals surface area contributed by atoms with Crippen LogP contribution < -0.4 is 5.32 Å². The molecule has 1 amide bonds. The van der Waals surface area contributed by atoms with E-state index >= 15 is 0 Å². The molecule has 0 aromatic rings. The summed E-state index contributed by atoms with van der Waals surface area (Å²) in [7, 11) is 0. The van der Waals surface area contributed by atoms with Crippen LogP contribution in [-0.2, 0) is 4.79 Å². The van der Waals surface area contributed by atoms with Crippen LogP contribution in [0.3, 0.4) is 0 Å². The molecule has 2 aliphatic rings. The van der Waals surface area contributed by atoms with Gasteiger partial charge in [0, 0.05) is 0 Å². The molecule has 0 aromatic heterocycles. The number of nitrogens with one attached hydrogen (secondary N) is 1. The van der Waals surface area contributed by atoms with Gasteiger partial charge in [-0.2, -0.15) is 0 Å². The third kappa shape index (κ3) is 1.64. The van der Waals surface area contributed by atoms with Gasteiger partial charge in [0.1, 0.15) is 0 Å². The van der Waals surface area contributed by atoms with Gasteiger partial charge in [0.05, 0.1) is 24.7 Å². The fourth-order valence-electron chi connectivity index (χ4n) is 2.16. The van der Waals surface area contributed by atoms with Crippen LogP contribution in [-0.4, -0.2) is 47.2 Å². The van der Waals surface area contributed by atoms with Gasteiger partial charge in [-0.25, -0.2) is 0 Å². The lowest BCUT2D eigenvalue weighted by atomic mass is 9.90. The molecular weight excluding hydrogens is 180 g/mol. The molecule has 14 heavy (non-hydrogen) atoms. The first kappa shape index (κ1) is 9.93. The van der Waals surface area contributed by atoms with Gasteiger partial charge in [-0.1, -0.05) is 6.92 Å². The average molecular weight is 198 g/mol. The maximum atomic E-state index is 11.8. The first-order valence-corrected chi connectivity index (χ1v) is 5.39. The summed E-state index contributed by atoms with van der Waals surface area (Å²) in [6, 6.07) is 0.0106. The summed E-state index contributed by atoms with van der Waals surface area (Å²) >= 11 is 0. The lowest BCUT2D eigenvalue weighted by Gasteiger charge is -2.46. The number of hydrogen-bond acceptors (Lipinski definition) is 3. The largest absolute Gasteiger partial charge is 0.386 e. The summed E-state index contributed by atoms with van der Waals surface area (Å²) in [4.78, 5) is 13.5. The van der Waals surface area contributed by atoms with Crippen molar-refractivity contribution >= 4 is 5.91 Å². The number of amides is 1. The Labute approximate surface area is 84.3 Å². The highest BCUT2D eigenvalue weighted by Crippen LogP contribution is 2.25. The highest BCUT2D eigenvalue weighted by molar-refractivity contribution is 5.83. The predicted octanol–water partition coefficient (Wildman–Crippen LogP) is -0.278. The van der Waals surface area contributed by atoms with Crippen molar-refractivity contribution < 1.29 is 9.90 Å². The quantitative estimate of drug-likeness (QED) is 0.642. The second-order valence-corrected chi connectivity index (χ2v) is 4.42. The molecule has 2 aliphatic heterocycles. The van der Waals surface area contributed by atoms with Crippen LogP contribution in [0, 0.1) is 0 Å². The van der Waals surface area contributed by atoms with Crippen molar-refractivity contribution in [2.45, 2.75) is 37.8 Å². The Morgan fingerprint density at radius 3 is 2.86 bits per heavy atom. The van der Waals surface area contributed by atoms with Crippen molar-refractivity contribution in [2.24, 2.45) is 0 Å². The topological polar surface area (TPSA) is 52.6 Å². The molecule has 4 heteroatoms. The normalized spacial score (nSPS) is 30.1. The highest BCUT2D eigenvalue weighted by Gasteiger charge is 2.43. The zero-order valence-electron chi connectivity index (χ0n) is 8.62. The molecule has 2 heterocycles. The maximum absolute atomic E-state index is 11.8. The summed E-state index contributed by atoms with van der Waals surface area (Å²) < 4.78 is 0. The standard InChI is InChI=1S/C10H18N2O2/c1-2-10(14)6-12(7-10)9(13)8-4-3-5-11-8/h8,11,14H,2-7H2,1H3/t8-/m0/s1. The lowest BCUT2D eigenvalue weighted by molar-refractivity contribution is -0.157. The number of carbonyl (C=O) groups excluding carboxylic acids is 1. The van der Waals surface area contributed by atoms with Gasteiger partial charge in [-0.05, 0) is 25.8 Å². The van der Waals surface area contributed by atoms with E-state index in [9.17, 15) is 9.90 Å². The van der Waals surface area contributed by atoms with E-state index in [4.69, 9.17) is 0 Å². The van der Waals surface area contributed by atoms with E-state index in [1.807, 2.05) is 6.92 Å². The SMILES string of the molecule is CCC1(O)CN(C(=O)[C@@H]2CCCN2)C1. The summed E-state index contributed by atoms with van der Waals surface area (Å²) in [6.07, 6.45) is 2.76. The highest BCUT2D eigenvalue weighted by atomic mass is 16.3. The molecule has 0 saturated carbocycles. The van der Waals surface area contributed by atoms with E-state index in [0.29, 0.717) is 13.1 Å². The number of aliphatic hydroxyl groups is 1. The molecular formula is C10H18N2O2. The van der Waals surface area contributed by atoms with Gasteiger partial charge in [0.2, 0.25) is 5.91 Å². The smallest absolute Gasteiger partial charge is 0.239 e.